The number of nitrogens with zero attached hydrogens (tertiary/aromatic N) is 2. The SMILES string of the molecule is c1cnc2c(c1)oc1cccc[n+]12. The summed E-state index contributed by atoms with van der Waals surface area (Å²) >= 11 is 0. The quantitative estimate of drug-likeness (QED) is 0.480. The van der Waals surface area contributed by atoms with Gasteiger partial charge in [0, 0.05) is 6.07 Å². The molecule has 0 bridgehead atoms. The Morgan fingerprint density at radius 3 is 3.15 bits per heavy atom. The number of aromatic nitrogens is 2. The zero-order valence-electron chi connectivity index (χ0n) is 6.84. The van der Waals surface area contributed by atoms with Crippen LogP contribution in [0.15, 0.2) is 47.1 Å². The molecule has 62 valence electrons. The topological polar surface area (TPSA) is 30.1 Å². The van der Waals surface area contributed by atoms with Gasteiger partial charge in [-0.25, -0.2) is 0 Å². The lowest BCUT2D eigenvalue weighted by molar-refractivity contribution is -0.487. The Morgan fingerprint density at radius 1 is 1.15 bits per heavy atom. The van der Waals surface area contributed by atoms with Gasteiger partial charge in [0.05, 0.1) is 6.20 Å². The van der Waals surface area contributed by atoms with Crippen LogP contribution in [0.1, 0.15) is 0 Å². The lowest BCUT2D eigenvalue weighted by Gasteiger charge is -1.79. The molecule has 3 aromatic rings. The molecule has 3 heterocycles. The van der Waals surface area contributed by atoms with Crippen molar-refractivity contribution < 1.29 is 8.82 Å². The third kappa shape index (κ3) is 0.839. The first-order chi connectivity index (χ1) is 6.45. The van der Waals surface area contributed by atoms with E-state index >= 15 is 0 Å². The van der Waals surface area contributed by atoms with Gasteiger partial charge in [-0.2, -0.15) is 4.40 Å². The summed E-state index contributed by atoms with van der Waals surface area (Å²) in [5.41, 5.74) is 2.49. The summed E-state index contributed by atoms with van der Waals surface area (Å²) in [6.07, 6.45) is 3.70. The van der Waals surface area contributed by atoms with Crippen LogP contribution in [0.4, 0.5) is 0 Å². The van der Waals surface area contributed by atoms with E-state index in [4.69, 9.17) is 4.42 Å². The highest BCUT2D eigenvalue weighted by atomic mass is 16.3. The second-order valence-electron chi connectivity index (χ2n) is 2.84. The monoisotopic (exact) mass is 171 g/mol. The van der Waals surface area contributed by atoms with Crippen molar-refractivity contribution in [2.75, 3.05) is 0 Å². The van der Waals surface area contributed by atoms with E-state index in [1.807, 2.05) is 40.9 Å². The first-order valence-electron chi connectivity index (χ1n) is 4.09. The fraction of sp³-hybridized carbons (Fsp3) is 0. The lowest BCUT2D eigenvalue weighted by atomic mass is 10.4. The van der Waals surface area contributed by atoms with Crippen LogP contribution in [0, 0.1) is 0 Å². The molecule has 0 aliphatic rings. The highest BCUT2D eigenvalue weighted by Gasteiger charge is 2.12. The van der Waals surface area contributed by atoms with Crippen molar-refractivity contribution in [1.82, 2.24) is 4.98 Å². The van der Waals surface area contributed by atoms with E-state index in [0.29, 0.717) is 0 Å². The highest BCUT2D eigenvalue weighted by molar-refractivity contribution is 5.65. The summed E-state index contributed by atoms with van der Waals surface area (Å²) < 4.78 is 7.48. The van der Waals surface area contributed by atoms with Gasteiger partial charge in [0.1, 0.15) is 6.20 Å². The lowest BCUT2D eigenvalue weighted by Crippen LogP contribution is -2.18. The summed E-state index contributed by atoms with van der Waals surface area (Å²) in [6, 6.07) is 9.59. The number of hydrogen-bond donors (Lipinski definition) is 0. The molecule has 0 atom stereocenters. The molecule has 13 heavy (non-hydrogen) atoms. The second kappa shape index (κ2) is 2.29. The zero-order valence-corrected chi connectivity index (χ0v) is 6.84. The maximum atomic E-state index is 5.55. The van der Waals surface area contributed by atoms with Gasteiger partial charge in [-0.05, 0) is 23.2 Å². The average molecular weight is 171 g/mol. The van der Waals surface area contributed by atoms with Gasteiger partial charge in [0.25, 0.3) is 5.71 Å². The van der Waals surface area contributed by atoms with E-state index in [9.17, 15) is 0 Å². The normalized spacial score (nSPS) is 11.1. The minimum absolute atomic E-state index is 0.814. The predicted octanol–water partition coefficient (Wildman–Crippen LogP) is 1.57. The van der Waals surface area contributed by atoms with Crippen molar-refractivity contribution in [3.63, 3.8) is 0 Å². The number of rotatable bonds is 0. The maximum Gasteiger partial charge on any atom is 0.373 e. The third-order valence-corrected chi connectivity index (χ3v) is 2.02. The molecule has 0 saturated heterocycles. The summed E-state index contributed by atoms with van der Waals surface area (Å²) in [5, 5.41) is 0. The number of fused-ring (bicyclic) bond motifs is 3. The molecule has 3 rings (SSSR count). The molecule has 3 aromatic heterocycles. The minimum atomic E-state index is 0.814. The van der Waals surface area contributed by atoms with E-state index in [1.165, 1.54) is 0 Å². The van der Waals surface area contributed by atoms with Crippen LogP contribution >= 0.6 is 0 Å². The van der Waals surface area contributed by atoms with Gasteiger partial charge in [0.15, 0.2) is 0 Å². The molecule has 0 aliphatic carbocycles. The van der Waals surface area contributed by atoms with Gasteiger partial charge in [0.2, 0.25) is 5.58 Å². The molecular weight excluding hydrogens is 164 g/mol. The molecule has 3 nitrogen and oxygen atoms in total. The van der Waals surface area contributed by atoms with Crippen molar-refractivity contribution in [1.29, 1.82) is 0 Å². The maximum absolute atomic E-state index is 5.55. The Hall–Kier alpha value is -1.90. The summed E-state index contributed by atoms with van der Waals surface area (Å²) in [5.74, 6) is 0. The number of hydrogen-bond acceptors (Lipinski definition) is 2. The van der Waals surface area contributed by atoms with Gasteiger partial charge in [-0.1, -0.05) is 6.07 Å². The molecule has 0 aliphatic heterocycles. The fourth-order valence-electron chi connectivity index (χ4n) is 1.44. The van der Waals surface area contributed by atoms with Crippen molar-refractivity contribution in [2.45, 2.75) is 0 Å². The van der Waals surface area contributed by atoms with Crippen molar-refractivity contribution in [3.8, 4) is 0 Å². The molecule has 0 spiro atoms. The molecule has 3 heteroatoms. The van der Waals surface area contributed by atoms with Gasteiger partial charge >= 0.3 is 5.65 Å². The van der Waals surface area contributed by atoms with Crippen LogP contribution in [0.3, 0.4) is 0 Å². The summed E-state index contributed by atoms with van der Waals surface area (Å²) in [6.45, 7) is 0. The van der Waals surface area contributed by atoms with Gasteiger partial charge in [-0.15, -0.1) is 0 Å². The van der Waals surface area contributed by atoms with Gasteiger partial charge in [-0.3, -0.25) is 0 Å². The summed E-state index contributed by atoms with van der Waals surface area (Å²) in [7, 11) is 0. The van der Waals surface area contributed by atoms with Crippen LogP contribution in [0.2, 0.25) is 0 Å². The average Bonchev–Trinajstić information content (AvgIpc) is 2.56. The standard InChI is InChI=1S/C10H7N2O/c1-2-7-12-9(5-1)13-8-4-3-6-11-10(8)12/h1-7H/q+1. The first kappa shape index (κ1) is 6.60. The van der Waals surface area contributed by atoms with E-state index in [-0.39, 0.29) is 0 Å². The Morgan fingerprint density at radius 2 is 2.15 bits per heavy atom. The summed E-state index contributed by atoms with van der Waals surface area (Å²) in [4.78, 5) is 4.24. The highest BCUT2D eigenvalue weighted by Crippen LogP contribution is 2.10. The van der Waals surface area contributed by atoms with Crippen molar-refractivity contribution in [3.05, 3.63) is 42.7 Å². The van der Waals surface area contributed by atoms with Crippen LogP contribution in [0.25, 0.3) is 16.9 Å². The van der Waals surface area contributed by atoms with E-state index in [0.717, 1.165) is 16.9 Å². The Balaban J connectivity index is 2.64. The molecule has 0 N–H and O–H groups in total. The minimum Gasteiger partial charge on any atom is -0.414 e. The van der Waals surface area contributed by atoms with Crippen LogP contribution in [-0.2, 0) is 0 Å². The van der Waals surface area contributed by atoms with E-state index < -0.39 is 0 Å². The molecule has 0 saturated carbocycles. The second-order valence-corrected chi connectivity index (χ2v) is 2.84. The molecule has 0 aromatic carbocycles. The molecule has 0 radical (unpaired) electrons. The fourth-order valence-corrected chi connectivity index (χ4v) is 1.44. The molecular formula is C10H7N2O+. The Bertz CT molecular complexity index is 521. The number of pyridine rings is 2. The first-order valence-corrected chi connectivity index (χ1v) is 4.09. The smallest absolute Gasteiger partial charge is 0.373 e. The Kier molecular flexibility index (Phi) is 1.16. The van der Waals surface area contributed by atoms with E-state index in [1.54, 1.807) is 6.20 Å². The largest absolute Gasteiger partial charge is 0.414 e. The van der Waals surface area contributed by atoms with Crippen LogP contribution in [-0.4, -0.2) is 4.98 Å². The zero-order chi connectivity index (χ0) is 8.67. The van der Waals surface area contributed by atoms with Crippen LogP contribution < -0.4 is 4.40 Å². The third-order valence-electron chi connectivity index (χ3n) is 2.02. The van der Waals surface area contributed by atoms with Crippen molar-refractivity contribution >= 4 is 16.9 Å². The van der Waals surface area contributed by atoms with Crippen LogP contribution in [0.5, 0.6) is 0 Å². The predicted molar refractivity (Wildman–Crippen MR) is 47.2 cm³/mol. The Labute approximate surface area is 74.3 Å². The number of oxazole rings is 1. The molecule has 0 unspecified atom stereocenters. The molecule has 0 fully saturated rings. The van der Waals surface area contributed by atoms with E-state index in [2.05, 4.69) is 4.98 Å². The van der Waals surface area contributed by atoms with Crippen molar-refractivity contribution in [2.24, 2.45) is 0 Å². The van der Waals surface area contributed by atoms with Gasteiger partial charge < -0.3 is 4.42 Å². The molecule has 0 amide bonds.